The summed E-state index contributed by atoms with van der Waals surface area (Å²) < 4.78 is 21.1. The van der Waals surface area contributed by atoms with Gasteiger partial charge in [0.05, 0.1) is 0 Å². The standard InChI is InChI=1S/C17H24N2O5/c1-21-16(22-2)9-5-14(18,6-10-16)13(20)15(19)7-11-17(23-3,24-4)12-8-15/h5-12H,18-19H2,1-4H3. The Hall–Kier alpha value is -1.61. The van der Waals surface area contributed by atoms with E-state index in [2.05, 4.69) is 0 Å². The van der Waals surface area contributed by atoms with Crippen LogP contribution in [-0.4, -0.2) is 56.9 Å². The molecule has 0 aromatic rings. The van der Waals surface area contributed by atoms with Crippen LogP contribution < -0.4 is 11.5 Å². The molecule has 4 N–H and O–H groups in total. The summed E-state index contributed by atoms with van der Waals surface area (Å²) in [5.74, 6) is -2.48. The van der Waals surface area contributed by atoms with Crippen molar-refractivity contribution in [1.29, 1.82) is 0 Å². The highest BCUT2D eigenvalue weighted by Crippen LogP contribution is 2.30. The molecule has 0 aromatic heterocycles. The monoisotopic (exact) mass is 336 g/mol. The molecule has 0 bridgehead atoms. The minimum atomic E-state index is -1.38. The zero-order valence-corrected chi connectivity index (χ0v) is 14.3. The lowest BCUT2D eigenvalue weighted by Crippen LogP contribution is -2.61. The molecule has 7 heteroatoms. The molecular formula is C17H24N2O5. The van der Waals surface area contributed by atoms with Gasteiger partial charge in [0.1, 0.15) is 11.1 Å². The van der Waals surface area contributed by atoms with Gasteiger partial charge in [0.25, 0.3) is 0 Å². The van der Waals surface area contributed by atoms with Crippen LogP contribution in [0.3, 0.4) is 0 Å². The van der Waals surface area contributed by atoms with E-state index in [0.717, 1.165) is 0 Å². The summed E-state index contributed by atoms with van der Waals surface area (Å²) in [6, 6.07) is 0. The van der Waals surface area contributed by atoms with Gasteiger partial charge in [-0.25, -0.2) is 0 Å². The van der Waals surface area contributed by atoms with Crippen molar-refractivity contribution in [3.8, 4) is 0 Å². The highest BCUT2D eigenvalue weighted by atomic mass is 16.7. The molecule has 0 saturated carbocycles. The fraction of sp³-hybridized carbons (Fsp3) is 0.471. The van der Waals surface area contributed by atoms with Gasteiger partial charge < -0.3 is 30.4 Å². The van der Waals surface area contributed by atoms with Crippen molar-refractivity contribution >= 4 is 5.78 Å². The third-order valence-electron chi connectivity index (χ3n) is 4.43. The van der Waals surface area contributed by atoms with E-state index in [1.807, 2.05) is 0 Å². The van der Waals surface area contributed by atoms with Crippen molar-refractivity contribution in [1.82, 2.24) is 0 Å². The molecule has 7 nitrogen and oxygen atoms in total. The molecule has 0 atom stereocenters. The minimum Gasteiger partial charge on any atom is -0.346 e. The largest absolute Gasteiger partial charge is 0.346 e. The summed E-state index contributed by atoms with van der Waals surface area (Å²) >= 11 is 0. The third kappa shape index (κ3) is 3.02. The van der Waals surface area contributed by atoms with Crippen LogP contribution in [0.2, 0.25) is 0 Å². The molecule has 24 heavy (non-hydrogen) atoms. The first kappa shape index (κ1) is 18.7. The molecule has 2 aliphatic carbocycles. The van der Waals surface area contributed by atoms with Crippen LogP contribution in [0.4, 0.5) is 0 Å². The van der Waals surface area contributed by atoms with Gasteiger partial charge in [0.2, 0.25) is 11.6 Å². The Bertz CT molecular complexity index is 528. The highest BCUT2D eigenvalue weighted by molar-refractivity contribution is 6.03. The maximum atomic E-state index is 13.0. The summed E-state index contributed by atoms with van der Waals surface area (Å²) in [4.78, 5) is 13.0. The van der Waals surface area contributed by atoms with Crippen LogP contribution >= 0.6 is 0 Å². The van der Waals surface area contributed by atoms with Gasteiger partial charge in [0.15, 0.2) is 5.78 Å². The molecule has 2 rings (SSSR count). The Labute approximate surface area is 141 Å². The van der Waals surface area contributed by atoms with Crippen molar-refractivity contribution in [2.45, 2.75) is 22.7 Å². The molecule has 0 saturated heterocycles. The number of ketones is 1. The number of carbonyl (C=O) groups excluding carboxylic acids is 1. The molecular weight excluding hydrogens is 312 g/mol. The van der Waals surface area contributed by atoms with Crippen molar-refractivity contribution in [2.24, 2.45) is 11.5 Å². The normalized spacial score (nSPS) is 24.9. The second-order valence-corrected chi connectivity index (χ2v) is 5.79. The number of Topliss-reactive ketones (excluding diaryl/α,β-unsaturated/α-hetero) is 1. The van der Waals surface area contributed by atoms with Crippen LogP contribution in [0.15, 0.2) is 48.6 Å². The molecule has 2 aliphatic rings. The van der Waals surface area contributed by atoms with Gasteiger partial charge in [0, 0.05) is 28.4 Å². The van der Waals surface area contributed by atoms with Crippen molar-refractivity contribution in [2.75, 3.05) is 28.4 Å². The fourth-order valence-corrected chi connectivity index (χ4v) is 2.63. The summed E-state index contributed by atoms with van der Waals surface area (Å²) in [5.41, 5.74) is 9.70. The van der Waals surface area contributed by atoms with Gasteiger partial charge in [-0.2, -0.15) is 0 Å². The summed E-state index contributed by atoms with van der Waals surface area (Å²) in [7, 11) is 5.98. The molecule has 132 valence electrons. The SMILES string of the molecule is COC1(OC)C=CC(N)(C(=O)C2(N)C=CC(OC)(OC)C=C2)C=C1. The second kappa shape index (κ2) is 6.36. The highest BCUT2D eigenvalue weighted by Gasteiger charge is 2.45. The first-order chi connectivity index (χ1) is 11.2. The summed E-state index contributed by atoms with van der Waals surface area (Å²) in [5, 5.41) is 0. The zero-order valence-electron chi connectivity index (χ0n) is 14.3. The predicted molar refractivity (Wildman–Crippen MR) is 88.9 cm³/mol. The first-order valence-electron chi connectivity index (χ1n) is 7.37. The molecule has 0 spiro atoms. The first-order valence-corrected chi connectivity index (χ1v) is 7.37. The Morgan fingerprint density at radius 3 is 1.08 bits per heavy atom. The number of hydrogen-bond acceptors (Lipinski definition) is 7. The molecule has 0 aliphatic heterocycles. The maximum Gasteiger partial charge on any atom is 0.207 e. The average Bonchev–Trinajstić information content (AvgIpc) is 2.63. The lowest BCUT2D eigenvalue weighted by Gasteiger charge is -2.37. The van der Waals surface area contributed by atoms with E-state index < -0.39 is 28.4 Å². The minimum absolute atomic E-state index is 0.406. The van der Waals surface area contributed by atoms with Gasteiger partial charge in [-0.3, -0.25) is 4.79 Å². The van der Waals surface area contributed by atoms with Crippen LogP contribution in [0.25, 0.3) is 0 Å². The molecule has 0 fully saturated rings. The van der Waals surface area contributed by atoms with Gasteiger partial charge in [-0.1, -0.05) is 24.3 Å². The van der Waals surface area contributed by atoms with E-state index in [-0.39, 0.29) is 0 Å². The molecule has 0 heterocycles. The fourth-order valence-electron chi connectivity index (χ4n) is 2.63. The van der Waals surface area contributed by atoms with Crippen molar-refractivity contribution in [3.63, 3.8) is 0 Å². The van der Waals surface area contributed by atoms with Crippen molar-refractivity contribution < 1.29 is 23.7 Å². The van der Waals surface area contributed by atoms with Crippen LogP contribution in [0, 0.1) is 0 Å². The van der Waals surface area contributed by atoms with E-state index in [1.54, 1.807) is 24.3 Å². The third-order valence-corrected chi connectivity index (χ3v) is 4.43. The Morgan fingerprint density at radius 2 is 0.875 bits per heavy atom. The molecule has 0 radical (unpaired) electrons. The number of nitrogens with two attached hydrogens (primary N) is 2. The van der Waals surface area contributed by atoms with E-state index >= 15 is 0 Å². The predicted octanol–water partition coefficient (Wildman–Crippen LogP) is 0.181. The van der Waals surface area contributed by atoms with Crippen LogP contribution in [0.1, 0.15) is 0 Å². The summed E-state index contributed by atoms with van der Waals surface area (Å²) in [6.07, 6.45) is 12.4. The van der Waals surface area contributed by atoms with E-state index in [0.29, 0.717) is 0 Å². The average molecular weight is 336 g/mol. The quantitative estimate of drug-likeness (QED) is 0.526. The number of hydrogen-bond donors (Lipinski definition) is 2. The number of rotatable bonds is 6. The lowest BCUT2D eigenvalue weighted by atomic mass is 9.76. The summed E-state index contributed by atoms with van der Waals surface area (Å²) in [6.45, 7) is 0. The van der Waals surface area contributed by atoms with Crippen molar-refractivity contribution in [3.05, 3.63) is 48.6 Å². The Kier molecular flexibility index (Phi) is 4.96. The molecule has 0 unspecified atom stereocenters. The molecule has 0 amide bonds. The number of methoxy groups -OCH3 is 4. The van der Waals surface area contributed by atoms with E-state index in [4.69, 9.17) is 30.4 Å². The van der Waals surface area contributed by atoms with Crippen LogP contribution in [0.5, 0.6) is 0 Å². The van der Waals surface area contributed by atoms with Gasteiger partial charge in [-0.15, -0.1) is 0 Å². The Morgan fingerprint density at radius 1 is 0.625 bits per heavy atom. The topological polar surface area (TPSA) is 106 Å². The zero-order chi connectivity index (χ0) is 18.1. The maximum absolute atomic E-state index is 13.0. The lowest BCUT2D eigenvalue weighted by molar-refractivity contribution is -0.137. The van der Waals surface area contributed by atoms with E-state index in [1.165, 1.54) is 52.7 Å². The van der Waals surface area contributed by atoms with Gasteiger partial charge in [-0.05, 0) is 24.3 Å². The Balaban J connectivity index is 2.27. The van der Waals surface area contributed by atoms with Gasteiger partial charge >= 0.3 is 0 Å². The number of ether oxygens (including phenoxy) is 4. The van der Waals surface area contributed by atoms with E-state index in [9.17, 15) is 4.79 Å². The molecule has 0 aromatic carbocycles. The second-order valence-electron chi connectivity index (χ2n) is 5.79. The number of carbonyl (C=O) groups is 1. The van der Waals surface area contributed by atoms with Crippen LogP contribution in [-0.2, 0) is 23.7 Å². The smallest absolute Gasteiger partial charge is 0.207 e.